The number of benzene rings is 2. The third kappa shape index (κ3) is 5.61. The summed E-state index contributed by atoms with van der Waals surface area (Å²) in [5, 5.41) is 23.9. The molecule has 8 nitrogen and oxygen atoms in total. The van der Waals surface area contributed by atoms with E-state index in [2.05, 4.69) is 20.3 Å². The summed E-state index contributed by atoms with van der Waals surface area (Å²) in [6.07, 6.45) is 6.37. The van der Waals surface area contributed by atoms with Gasteiger partial charge in [-0.2, -0.15) is 0 Å². The molecule has 206 valence electrons. The molecule has 4 aromatic rings. The first-order valence-electron chi connectivity index (χ1n) is 12.9. The first-order chi connectivity index (χ1) is 19.0. The Morgan fingerprint density at radius 3 is 2.45 bits per heavy atom. The van der Waals surface area contributed by atoms with Crippen molar-refractivity contribution in [2.45, 2.75) is 38.8 Å². The monoisotopic (exact) mass is 561 g/mol. The Kier molecular flexibility index (Phi) is 7.44. The van der Waals surface area contributed by atoms with Gasteiger partial charge in [-0.25, -0.2) is 19.2 Å². The maximum absolute atomic E-state index is 15.1. The molecule has 3 N–H and O–H groups in total. The molecular weight excluding hydrogens is 533 g/mol. The number of nitrogens with zero attached hydrogens (tertiary/aromatic N) is 4. The van der Waals surface area contributed by atoms with Gasteiger partial charge in [0.05, 0.1) is 22.3 Å². The van der Waals surface area contributed by atoms with E-state index >= 15 is 4.39 Å². The number of hydrogen-bond acceptors (Lipinski definition) is 6. The normalized spacial score (nSPS) is 14.7. The van der Waals surface area contributed by atoms with E-state index in [0.717, 1.165) is 27.6 Å². The summed E-state index contributed by atoms with van der Waals surface area (Å²) in [6, 6.07) is 10.2. The number of nitrogens with one attached hydrogen (secondary N) is 1. The van der Waals surface area contributed by atoms with Crippen LogP contribution >= 0.6 is 11.6 Å². The van der Waals surface area contributed by atoms with Crippen molar-refractivity contribution in [3.63, 3.8) is 0 Å². The van der Waals surface area contributed by atoms with Crippen LogP contribution in [0, 0.1) is 5.82 Å². The van der Waals surface area contributed by atoms with Gasteiger partial charge in [-0.3, -0.25) is 4.98 Å². The molecule has 0 unspecified atom stereocenters. The molecule has 1 aliphatic heterocycles. The highest BCUT2D eigenvalue weighted by Gasteiger charge is 2.21. The summed E-state index contributed by atoms with van der Waals surface area (Å²) in [5.74, 6) is -0.0306. The van der Waals surface area contributed by atoms with Crippen molar-refractivity contribution in [2.75, 3.05) is 18.4 Å². The largest absolute Gasteiger partial charge is 0.465 e. The van der Waals surface area contributed by atoms with Gasteiger partial charge in [0.1, 0.15) is 11.4 Å². The number of rotatable bonds is 6. The molecule has 0 saturated carbocycles. The van der Waals surface area contributed by atoms with Crippen LogP contribution in [0.25, 0.3) is 27.6 Å². The second-order valence-electron chi connectivity index (χ2n) is 10.4. The summed E-state index contributed by atoms with van der Waals surface area (Å²) in [7, 11) is 0. The van der Waals surface area contributed by atoms with E-state index in [1.165, 1.54) is 11.0 Å². The highest BCUT2D eigenvalue weighted by atomic mass is 35.5. The van der Waals surface area contributed by atoms with Crippen molar-refractivity contribution in [3.05, 3.63) is 88.9 Å². The van der Waals surface area contributed by atoms with Gasteiger partial charge in [0.15, 0.2) is 5.82 Å². The third-order valence-corrected chi connectivity index (χ3v) is 7.31. The average molecular weight is 562 g/mol. The minimum atomic E-state index is -1.15. The van der Waals surface area contributed by atoms with Crippen LogP contribution in [-0.4, -0.2) is 49.2 Å². The lowest BCUT2D eigenvalue weighted by molar-refractivity contribution is 0.0687. The van der Waals surface area contributed by atoms with E-state index in [-0.39, 0.29) is 5.82 Å². The second-order valence-corrected chi connectivity index (χ2v) is 10.8. The highest BCUT2D eigenvalue weighted by molar-refractivity contribution is 6.34. The van der Waals surface area contributed by atoms with E-state index in [1.54, 1.807) is 44.6 Å². The second kappa shape index (κ2) is 10.8. The molecule has 0 aliphatic carbocycles. The minimum absolute atomic E-state index is 0.303. The molecule has 3 heterocycles. The molecule has 1 aliphatic rings. The zero-order valence-corrected chi connectivity index (χ0v) is 23.1. The molecule has 2 aromatic heterocycles. The van der Waals surface area contributed by atoms with Gasteiger partial charge in [-0.15, -0.1) is 0 Å². The zero-order chi connectivity index (χ0) is 28.6. The van der Waals surface area contributed by atoms with Crippen molar-refractivity contribution in [2.24, 2.45) is 0 Å². The number of halogens is 2. The maximum Gasteiger partial charge on any atom is 0.407 e. The quantitative estimate of drug-likeness (QED) is 0.241. The molecule has 0 fully saturated rings. The molecule has 40 heavy (non-hydrogen) atoms. The van der Waals surface area contributed by atoms with Gasteiger partial charge in [-0.05, 0) is 68.2 Å². The van der Waals surface area contributed by atoms with Crippen molar-refractivity contribution >= 4 is 39.9 Å². The molecule has 0 bridgehead atoms. The summed E-state index contributed by atoms with van der Waals surface area (Å²) in [4.78, 5) is 25.6. The number of amides is 1. The van der Waals surface area contributed by atoms with Gasteiger partial charge >= 0.3 is 6.09 Å². The third-order valence-electron chi connectivity index (χ3n) is 7.03. The van der Waals surface area contributed by atoms with Gasteiger partial charge in [0.2, 0.25) is 0 Å². The fourth-order valence-corrected chi connectivity index (χ4v) is 4.97. The van der Waals surface area contributed by atoms with Crippen molar-refractivity contribution < 1.29 is 19.4 Å². The Balaban J connectivity index is 1.46. The summed E-state index contributed by atoms with van der Waals surface area (Å²) < 4.78 is 15.1. The highest BCUT2D eigenvalue weighted by Crippen LogP contribution is 2.36. The van der Waals surface area contributed by atoms with Crippen LogP contribution in [0.4, 0.5) is 14.9 Å². The van der Waals surface area contributed by atoms with E-state index in [9.17, 15) is 15.0 Å². The fraction of sp³-hybridized carbons (Fsp3) is 0.267. The van der Waals surface area contributed by atoms with Gasteiger partial charge in [0.25, 0.3) is 0 Å². The van der Waals surface area contributed by atoms with E-state index < -0.39 is 17.7 Å². The number of anilines is 1. The SMILES string of the molecule is C[C@@H](Nc1c(Cl)cnc2ccc(-c3cnc(C(C)(C)O)nc3)cc12)c1cc(C2=CCN(C(=O)O)CC2)ccc1F. The lowest BCUT2D eigenvalue weighted by atomic mass is 9.95. The van der Waals surface area contributed by atoms with Crippen LogP contribution in [-0.2, 0) is 5.60 Å². The smallest absolute Gasteiger partial charge is 0.407 e. The number of carbonyl (C=O) groups is 1. The Morgan fingerprint density at radius 1 is 1.07 bits per heavy atom. The molecule has 10 heteroatoms. The van der Waals surface area contributed by atoms with Gasteiger partial charge in [0, 0.05) is 48.2 Å². The molecule has 0 radical (unpaired) electrons. The number of hydrogen-bond donors (Lipinski definition) is 3. The fourth-order valence-electron chi connectivity index (χ4n) is 4.76. The molecule has 2 aromatic carbocycles. The van der Waals surface area contributed by atoms with E-state index in [1.807, 2.05) is 31.2 Å². The van der Waals surface area contributed by atoms with Crippen LogP contribution < -0.4 is 5.32 Å². The molecule has 1 amide bonds. The van der Waals surface area contributed by atoms with Crippen molar-refractivity contribution in [3.8, 4) is 11.1 Å². The van der Waals surface area contributed by atoms with Crippen LogP contribution in [0.3, 0.4) is 0 Å². The number of aliphatic hydroxyl groups is 1. The van der Waals surface area contributed by atoms with E-state index in [4.69, 9.17) is 11.6 Å². The minimum Gasteiger partial charge on any atom is -0.465 e. The van der Waals surface area contributed by atoms with Crippen LogP contribution in [0.15, 0.2) is 61.1 Å². The Morgan fingerprint density at radius 2 is 1.80 bits per heavy atom. The zero-order valence-electron chi connectivity index (χ0n) is 22.3. The standard InChI is InChI=1S/C30H29ClFN5O3/c1-17(22-12-19(4-6-25(22)32)18-8-10-37(11-9-18)29(38)39)36-27-23-13-20(5-7-26(23)33-16-24(27)31)21-14-34-28(35-15-21)30(2,3)40/h4-8,12-17,40H,9-11H2,1-3H3,(H,33,36)(H,38,39)/t17-/m1/s1. The predicted molar refractivity (Wildman–Crippen MR) is 154 cm³/mol. The topological polar surface area (TPSA) is 111 Å². The Hall–Kier alpha value is -4.08. The predicted octanol–water partition coefficient (Wildman–Crippen LogP) is 6.65. The van der Waals surface area contributed by atoms with Crippen LogP contribution in [0.5, 0.6) is 0 Å². The molecular formula is C30H29ClFN5O3. The van der Waals surface area contributed by atoms with E-state index in [0.29, 0.717) is 47.1 Å². The molecule has 0 spiro atoms. The molecule has 5 rings (SSSR count). The van der Waals surface area contributed by atoms with Gasteiger partial charge in [-0.1, -0.05) is 29.8 Å². The summed E-state index contributed by atoms with van der Waals surface area (Å²) in [6.45, 7) is 5.82. The summed E-state index contributed by atoms with van der Waals surface area (Å²) >= 11 is 6.60. The van der Waals surface area contributed by atoms with Crippen molar-refractivity contribution in [1.29, 1.82) is 0 Å². The van der Waals surface area contributed by atoms with Gasteiger partial charge < -0.3 is 20.4 Å². The number of aromatic nitrogens is 3. The number of fused-ring (bicyclic) bond motifs is 1. The molecule has 1 atom stereocenters. The van der Waals surface area contributed by atoms with Crippen LogP contribution in [0.1, 0.15) is 50.2 Å². The maximum atomic E-state index is 15.1. The lowest BCUT2D eigenvalue weighted by Crippen LogP contribution is -2.33. The summed E-state index contributed by atoms with van der Waals surface area (Å²) in [5.41, 5.74) is 4.09. The lowest BCUT2D eigenvalue weighted by Gasteiger charge is -2.25. The number of carboxylic acid groups (broad SMARTS) is 1. The average Bonchev–Trinajstić information content (AvgIpc) is 2.94. The van der Waals surface area contributed by atoms with Crippen LogP contribution in [0.2, 0.25) is 5.02 Å². The Bertz CT molecular complexity index is 1620. The first kappa shape index (κ1) is 27.5. The first-order valence-corrected chi connectivity index (χ1v) is 13.3. The number of pyridine rings is 1. The van der Waals surface area contributed by atoms with Crippen molar-refractivity contribution in [1.82, 2.24) is 19.9 Å². The Labute approximate surface area is 236 Å². The molecule has 0 saturated heterocycles.